The summed E-state index contributed by atoms with van der Waals surface area (Å²) in [6.45, 7) is 1.90. The molecule has 1 aromatic carbocycles. The van der Waals surface area contributed by atoms with Gasteiger partial charge in [-0.15, -0.1) is 0 Å². The minimum atomic E-state index is -0.327. The molecule has 0 unspecified atom stereocenters. The highest BCUT2D eigenvalue weighted by atomic mass is 19.1. The smallest absolute Gasteiger partial charge is 0.322 e. The third-order valence-electron chi connectivity index (χ3n) is 4.99. The van der Waals surface area contributed by atoms with Crippen molar-refractivity contribution in [3.8, 4) is 34.1 Å². The van der Waals surface area contributed by atoms with Gasteiger partial charge in [0.15, 0.2) is 0 Å². The van der Waals surface area contributed by atoms with Gasteiger partial charge in [-0.25, -0.2) is 14.4 Å². The molecule has 0 fully saturated rings. The van der Waals surface area contributed by atoms with Gasteiger partial charge in [0.05, 0.1) is 17.6 Å². The van der Waals surface area contributed by atoms with Crippen molar-refractivity contribution in [2.45, 2.75) is 13.3 Å². The van der Waals surface area contributed by atoms with Gasteiger partial charge >= 0.3 is 6.01 Å². The van der Waals surface area contributed by atoms with Crippen molar-refractivity contribution < 1.29 is 9.13 Å². The van der Waals surface area contributed by atoms with E-state index in [1.54, 1.807) is 25.6 Å². The minimum absolute atomic E-state index is 0.192. The molecular formula is C22H17FN6O. The Labute approximate surface area is 172 Å². The topological polar surface area (TPSA) is 85.7 Å². The van der Waals surface area contributed by atoms with Gasteiger partial charge in [-0.3, -0.25) is 4.98 Å². The number of nitrogens with zero attached hydrogens (tertiary/aromatic N) is 5. The Kier molecular flexibility index (Phi) is 4.31. The molecule has 3 heterocycles. The highest BCUT2D eigenvalue weighted by molar-refractivity contribution is 5.90. The van der Waals surface area contributed by atoms with E-state index in [1.807, 2.05) is 19.1 Å². The van der Waals surface area contributed by atoms with Crippen molar-refractivity contribution >= 4 is 5.69 Å². The molecule has 0 atom stereocenters. The van der Waals surface area contributed by atoms with Crippen LogP contribution in [0.5, 0.6) is 11.8 Å². The zero-order chi connectivity index (χ0) is 20.7. The fourth-order valence-electron chi connectivity index (χ4n) is 3.63. The van der Waals surface area contributed by atoms with E-state index in [-0.39, 0.29) is 11.8 Å². The van der Waals surface area contributed by atoms with Crippen LogP contribution in [0.15, 0.2) is 49.2 Å². The summed E-state index contributed by atoms with van der Waals surface area (Å²) in [7, 11) is 1.77. The Morgan fingerprint density at radius 1 is 1.07 bits per heavy atom. The Hall–Kier alpha value is -3.94. The predicted molar refractivity (Wildman–Crippen MR) is 110 cm³/mol. The average molecular weight is 400 g/mol. The molecule has 1 aliphatic rings. The predicted octanol–water partition coefficient (Wildman–Crippen LogP) is 4.18. The monoisotopic (exact) mass is 400 g/mol. The molecule has 0 radical (unpaired) electrons. The van der Waals surface area contributed by atoms with Crippen LogP contribution >= 0.6 is 0 Å². The molecule has 3 aromatic heterocycles. The number of nitrogens with one attached hydrogen (secondary N) is 1. The minimum Gasteiger partial charge on any atom is -0.423 e. The number of hydrogen-bond donors (Lipinski definition) is 1. The van der Waals surface area contributed by atoms with Gasteiger partial charge in [0.2, 0.25) is 0 Å². The van der Waals surface area contributed by atoms with Crippen molar-refractivity contribution in [3.63, 3.8) is 0 Å². The van der Waals surface area contributed by atoms with E-state index in [0.29, 0.717) is 23.4 Å². The Balaban J connectivity index is 1.69. The molecule has 1 aliphatic carbocycles. The lowest BCUT2D eigenvalue weighted by molar-refractivity contribution is 0.439. The highest BCUT2D eigenvalue weighted by Gasteiger charge is 2.29. The summed E-state index contributed by atoms with van der Waals surface area (Å²) >= 11 is 0. The Morgan fingerprint density at radius 2 is 1.90 bits per heavy atom. The number of pyridine rings is 1. The molecule has 7 nitrogen and oxygen atoms in total. The van der Waals surface area contributed by atoms with Crippen LogP contribution in [0.3, 0.4) is 0 Å². The number of benzene rings is 1. The Morgan fingerprint density at radius 3 is 2.63 bits per heavy atom. The first-order valence-corrected chi connectivity index (χ1v) is 9.39. The molecule has 0 spiro atoms. The van der Waals surface area contributed by atoms with Crippen LogP contribution in [0, 0.1) is 12.7 Å². The molecule has 0 aliphatic heterocycles. The van der Waals surface area contributed by atoms with Gasteiger partial charge in [0.25, 0.3) is 0 Å². The molecule has 0 amide bonds. The lowest BCUT2D eigenvalue weighted by atomic mass is 10.0. The second-order valence-corrected chi connectivity index (χ2v) is 6.95. The molecule has 0 saturated heterocycles. The van der Waals surface area contributed by atoms with Gasteiger partial charge in [-0.1, -0.05) is 0 Å². The summed E-state index contributed by atoms with van der Waals surface area (Å²) < 4.78 is 20.2. The number of rotatable bonds is 4. The van der Waals surface area contributed by atoms with E-state index in [0.717, 1.165) is 33.8 Å². The van der Waals surface area contributed by atoms with Crippen LogP contribution in [-0.2, 0) is 6.42 Å². The van der Waals surface area contributed by atoms with Crippen LogP contribution in [0.4, 0.5) is 10.1 Å². The van der Waals surface area contributed by atoms with Crippen LogP contribution in [0.25, 0.3) is 22.4 Å². The van der Waals surface area contributed by atoms with Crippen molar-refractivity contribution in [3.05, 3.63) is 72.0 Å². The molecule has 0 bridgehead atoms. The van der Waals surface area contributed by atoms with Crippen LogP contribution < -0.4 is 10.1 Å². The summed E-state index contributed by atoms with van der Waals surface area (Å²) in [4.78, 5) is 21.7. The van der Waals surface area contributed by atoms with Crippen LogP contribution in [0.2, 0.25) is 0 Å². The SMILES string of the molecule is CNc1cc(F)cc2c1Cc1nc(Oc3ccc(C)nc3)nc(-c3cncnc3)c1-2. The van der Waals surface area contributed by atoms with E-state index in [4.69, 9.17) is 4.74 Å². The van der Waals surface area contributed by atoms with E-state index >= 15 is 0 Å². The molecule has 1 N–H and O–H groups in total. The van der Waals surface area contributed by atoms with Gasteiger partial charge in [0.1, 0.15) is 17.9 Å². The maximum absolute atomic E-state index is 14.3. The van der Waals surface area contributed by atoms with Gasteiger partial charge in [0, 0.05) is 48.4 Å². The fraction of sp³-hybridized carbons (Fsp3) is 0.136. The standard InChI is InChI=1S/C22H17FN6O/c1-12-3-4-15(10-27-12)30-22-28-19-7-16-17(5-14(23)6-18(16)24-2)20(19)21(29-22)13-8-25-11-26-9-13/h3-6,8-11,24H,7H2,1-2H3. The number of aryl methyl sites for hydroxylation is 1. The number of halogens is 1. The zero-order valence-electron chi connectivity index (χ0n) is 16.3. The average Bonchev–Trinajstić information content (AvgIpc) is 3.13. The van der Waals surface area contributed by atoms with Crippen molar-refractivity contribution in [2.24, 2.45) is 0 Å². The van der Waals surface area contributed by atoms with Gasteiger partial charge < -0.3 is 10.1 Å². The molecule has 4 aromatic rings. The van der Waals surface area contributed by atoms with Crippen LogP contribution in [0.1, 0.15) is 17.0 Å². The number of fused-ring (bicyclic) bond motifs is 3. The van der Waals surface area contributed by atoms with Crippen molar-refractivity contribution in [1.29, 1.82) is 0 Å². The number of hydrogen-bond acceptors (Lipinski definition) is 7. The maximum Gasteiger partial charge on any atom is 0.322 e. The van der Waals surface area contributed by atoms with E-state index in [2.05, 4.69) is 30.2 Å². The van der Waals surface area contributed by atoms with Crippen molar-refractivity contribution in [1.82, 2.24) is 24.9 Å². The summed E-state index contributed by atoms with van der Waals surface area (Å²) in [5.41, 5.74) is 6.17. The highest BCUT2D eigenvalue weighted by Crippen LogP contribution is 2.45. The first-order valence-electron chi connectivity index (χ1n) is 9.39. The third-order valence-corrected chi connectivity index (χ3v) is 4.99. The quantitative estimate of drug-likeness (QED) is 0.484. The Bertz CT molecular complexity index is 1240. The van der Waals surface area contributed by atoms with Crippen LogP contribution in [-0.4, -0.2) is 32.0 Å². The fourth-order valence-corrected chi connectivity index (χ4v) is 3.63. The summed E-state index contributed by atoms with van der Waals surface area (Å²) in [5, 5.41) is 3.07. The number of ether oxygens (including phenoxy) is 1. The normalized spacial score (nSPS) is 11.7. The first kappa shape index (κ1) is 18.1. The zero-order valence-corrected chi connectivity index (χ0v) is 16.3. The maximum atomic E-state index is 14.3. The number of aromatic nitrogens is 5. The summed E-state index contributed by atoms with van der Waals surface area (Å²) in [5.74, 6) is 0.209. The van der Waals surface area contributed by atoms with E-state index in [9.17, 15) is 4.39 Å². The third kappa shape index (κ3) is 3.12. The largest absolute Gasteiger partial charge is 0.423 e. The molecular weight excluding hydrogens is 383 g/mol. The van der Waals surface area contributed by atoms with Gasteiger partial charge in [-0.2, -0.15) is 9.97 Å². The second-order valence-electron chi connectivity index (χ2n) is 6.95. The molecule has 30 heavy (non-hydrogen) atoms. The first-order chi connectivity index (χ1) is 14.6. The molecule has 148 valence electrons. The lowest BCUT2D eigenvalue weighted by Gasteiger charge is -2.12. The summed E-state index contributed by atoms with van der Waals surface area (Å²) in [6, 6.07) is 6.86. The van der Waals surface area contributed by atoms with E-state index < -0.39 is 0 Å². The molecule has 8 heteroatoms. The van der Waals surface area contributed by atoms with Gasteiger partial charge in [-0.05, 0) is 42.3 Å². The number of anilines is 1. The lowest BCUT2D eigenvalue weighted by Crippen LogP contribution is -2.00. The second kappa shape index (κ2) is 7.14. The molecule has 5 rings (SSSR count). The van der Waals surface area contributed by atoms with Crippen molar-refractivity contribution in [2.75, 3.05) is 12.4 Å². The summed E-state index contributed by atoms with van der Waals surface area (Å²) in [6.07, 6.45) is 6.95. The van der Waals surface area contributed by atoms with E-state index in [1.165, 1.54) is 18.5 Å². The molecule has 0 saturated carbocycles.